The molecule has 5 rings (SSSR count). The van der Waals surface area contributed by atoms with Gasteiger partial charge in [0.1, 0.15) is 11.4 Å². The highest BCUT2D eigenvalue weighted by molar-refractivity contribution is 6.30. The minimum Gasteiger partial charge on any atom is -0.356 e. The Balaban J connectivity index is 1.64. The Bertz CT molecular complexity index is 1240. The van der Waals surface area contributed by atoms with Gasteiger partial charge in [-0.2, -0.15) is 5.10 Å². The van der Waals surface area contributed by atoms with Crippen LogP contribution in [0, 0.1) is 0 Å². The fraction of sp³-hybridized carbons (Fsp3) is 0. The molecule has 0 aliphatic carbocycles. The molecule has 0 aliphatic rings. The maximum atomic E-state index is 6.08. The zero-order chi connectivity index (χ0) is 19.6. The number of benzene rings is 3. The van der Waals surface area contributed by atoms with Crippen molar-refractivity contribution in [3.05, 3.63) is 102 Å². The SMILES string of the molecule is Clc1ccc(-c2nn(-c3ccccc3)cc2-c2cc(-c3ccccc3)on2)cc1. The molecule has 0 N–H and O–H groups in total. The average Bonchev–Trinajstić information content (AvgIpc) is 3.43. The predicted octanol–water partition coefficient (Wildman–Crippen LogP) is 6.51. The van der Waals surface area contributed by atoms with Gasteiger partial charge >= 0.3 is 0 Å². The van der Waals surface area contributed by atoms with Crippen molar-refractivity contribution < 1.29 is 4.52 Å². The van der Waals surface area contributed by atoms with Gasteiger partial charge < -0.3 is 4.52 Å². The monoisotopic (exact) mass is 397 g/mol. The van der Waals surface area contributed by atoms with E-state index in [2.05, 4.69) is 5.16 Å². The Hall–Kier alpha value is -3.63. The van der Waals surface area contributed by atoms with Crippen LogP contribution >= 0.6 is 11.6 Å². The highest BCUT2D eigenvalue weighted by Gasteiger charge is 2.18. The normalized spacial score (nSPS) is 10.9. The van der Waals surface area contributed by atoms with Crippen LogP contribution in [0.25, 0.3) is 39.5 Å². The van der Waals surface area contributed by atoms with Gasteiger partial charge in [-0.25, -0.2) is 4.68 Å². The van der Waals surface area contributed by atoms with Gasteiger partial charge in [-0.15, -0.1) is 0 Å². The van der Waals surface area contributed by atoms with Gasteiger partial charge in [0.2, 0.25) is 0 Å². The third kappa shape index (κ3) is 3.46. The molecular weight excluding hydrogens is 382 g/mol. The lowest BCUT2D eigenvalue weighted by Crippen LogP contribution is -1.93. The molecule has 3 aromatic carbocycles. The first kappa shape index (κ1) is 17.5. The summed E-state index contributed by atoms with van der Waals surface area (Å²) in [6.45, 7) is 0. The lowest BCUT2D eigenvalue weighted by molar-refractivity contribution is 0.435. The van der Waals surface area contributed by atoms with Gasteiger partial charge in [-0.3, -0.25) is 0 Å². The first-order valence-corrected chi connectivity index (χ1v) is 9.59. The fourth-order valence-electron chi connectivity index (χ4n) is 3.24. The minimum absolute atomic E-state index is 0.686. The van der Waals surface area contributed by atoms with Crippen molar-refractivity contribution in [2.45, 2.75) is 0 Å². The Morgan fingerprint density at radius 3 is 2.17 bits per heavy atom. The van der Waals surface area contributed by atoms with Crippen molar-refractivity contribution in [3.63, 3.8) is 0 Å². The number of hydrogen-bond donors (Lipinski definition) is 0. The van der Waals surface area contributed by atoms with E-state index in [1.54, 1.807) is 0 Å². The summed E-state index contributed by atoms with van der Waals surface area (Å²) in [5.41, 5.74) is 5.36. The standard InChI is InChI=1S/C24H16ClN3O/c25-19-13-11-18(12-14-19)24-21(16-28(26-24)20-9-5-2-6-10-20)22-15-23(29-27-22)17-7-3-1-4-8-17/h1-16H. The van der Waals surface area contributed by atoms with Crippen LogP contribution < -0.4 is 0 Å². The summed E-state index contributed by atoms with van der Waals surface area (Å²) in [6.07, 6.45) is 1.98. The molecule has 2 heterocycles. The first-order valence-electron chi connectivity index (χ1n) is 9.21. The van der Waals surface area contributed by atoms with Gasteiger partial charge in [-0.05, 0) is 24.3 Å². The first-order chi connectivity index (χ1) is 14.3. The second kappa shape index (κ2) is 7.41. The van der Waals surface area contributed by atoms with Crippen LogP contribution in [0.1, 0.15) is 0 Å². The van der Waals surface area contributed by atoms with E-state index in [0.717, 1.165) is 39.5 Å². The zero-order valence-corrected chi connectivity index (χ0v) is 16.1. The Morgan fingerprint density at radius 2 is 1.45 bits per heavy atom. The summed E-state index contributed by atoms with van der Waals surface area (Å²) in [6, 6.07) is 29.5. The number of para-hydroxylation sites is 1. The highest BCUT2D eigenvalue weighted by Crippen LogP contribution is 2.34. The summed E-state index contributed by atoms with van der Waals surface area (Å²) in [7, 11) is 0. The Kier molecular flexibility index (Phi) is 4.47. The molecule has 0 unspecified atom stereocenters. The van der Waals surface area contributed by atoms with Crippen molar-refractivity contribution in [2.24, 2.45) is 0 Å². The van der Waals surface area contributed by atoms with Crippen molar-refractivity contribution in [2.75, 3.05) is 0 Å². The van der Waals surface area contributed by atoms with Crippen LogP contribution in [0.3, 0.4) is 0 Å². The lowest BCUT2D eigenvalue weighted by atomic mass is 10.1. The molecular formula is C24H16ClN3O. The number of halogens is 1. The maximum absolute atomic E-state index is 6.08. The summed E-state index contributed by atoms with van der Waals surface area (Å²) >= 11 is 6.08. The highest BCUT2D eigenvalue weighted by atomic mass is 35.5. The smallest absolute Gasteiger partial charge is 0.167 e. The third-order valence-electron chi connectivity index (χ3n) is 4.70. The molecule has 0 fully saturated rings. The molecule has 0 aliphatic heterocycles. The van der Waals surface area contributed by atoms with Gasteiger partial charge in [0, 0.05) is 28.4 Å². The third-order valence-corrected chi connectivity index (χ3v) is 4.95. The predicted molar refractivity (Wildman–Crippen MR) is 115 cm³/mol. The molecule has 0 spiro atoms. The number of rotatable bonds is 4. The number of hydrogen-bond acceptors (Lipinski definition) is 3. The molecule has 29 heavy (non-hydrogen) atoms. The van der Waals surface area contributed by atoms with Gasteiger partial charge in [-0.1, -0.05) is 77.4 Å². The summed E-state index contributed by atoms with van der Waals surface area (Å²) < 4.78 is 7.48. The molecule has 5 aromatic rings. The fourth-order valence-corrected chi connectivity index (χ4v) is 3.36. The quantitative estimate of drug-likeness (QED) is 0.347. The van der Waals surface area contributed by atoms with Crippen LogP contribution in [-0.2, 0) is 0 Å². The molecule has 0 saturated carbocycles. The topological polar surface area (TPSA) is 43.9 Å². The second-order valence-corrected chi connectivity index (χ2v) is 7.06. The molecule has 2 aromatic heterocycles. The van der Waals surface area contributed by atoms with Gasteiger partial charge in [0.05, 0.1) is 11.3 Å². The van der Waals surface area contributed by atoms with E-state index in [0.29, 0.717) is 5.02 Å². The molecule has 5 heteroatoms. The lowest BCUT2D eigenvalue weighted by Gasteiger charge is -2.01. The Morgan fingerprint density at radius 1 is 0.759 bits per heavy atom. The molecule has 0 saturated heterocycles. The van der Waals surface area contributed by atoms with Crippen molar-refractivity contribution in [1.82, 2.24) is 14.9 Å². The largest absolute Gasteiger partial charge is 0.356 e. The summed E-state index contributed by atoms with van der Waals surface area (Å²) in [4.78, 5) is 0. The molecule has 0 bridgehead atoms. The zero-order valence-electron chi connectivity index (χ0n) is 15.4. The summed E-state index contributed by atoms with van der Waals surface area (Å²) in [5.74, 6) is 0.718. The van der Waals surface area contributed by atoms with Crippen molar-refractivity contribution in [3.8, 4) is 39.5 Å². The summed E-state index contributed by atoms with van der Waals surface area (Å²) in [5, 5.41) is 9.84. The minimum atomic E-state index is 0.686. The molecule has 4 nitrogen and oxygen atoms in total. The van der Waals surface area contributed by atoms with Crippen molar-refractivity contribution in [1.29, 1.82) is 0 Å². The van der Waals surface area contributed by atoms with E-state index in [1.807, 2.05) is 102 Å². The maximum Gasteiger partial charge on any atom is 0.167 e. The van der Waals surface area contributed by atoms with E-state index < -0.39 is 0 Å². The van der Waals surface area contributed by atoms with Crippen LogP contribution in [0.4, 0.5) is 0 Å². The van der Waals surface area contributed by atoms with E-state index in [1.165, 1.54) is 0 Å². The van der Waals surface area contributed by atoms with Crippen LogP contribution in [-0.4, -0.2) is 14.9 Å². The number of aromatic nitrogens is 3. The number of nitrogens with zero attached hydrogens (tertiary/aromatic N) is 3. The molecule has 140 valence electrons. The van der Waals surface area contributed by atoms with Gasteiger partial charge in [0.25, 0.3) is 0 Å². The van der Waals surface area contributed by atoms with Crippen LogP contribution in [0.15, 0.2) is 102 Å². The van der Waals surface area contributed by atoms with E-state index >= 15 is 0 Å². The van der Waals surface area contributed by atoms with Crippen LogP contribution in [0.2, 0.25) is 5.02 Å². The van der Waals surface area contributed by atoms with E-state index in [-0.39, 0.29) is 0 Å². The second-order valence-electron chi connectivity index (χ2n) is 6.62. The molecule has 0 radical (unpaired) electrons. The Labute approximate surface area is 173 Å². The van der Waals surface area contributed by atoms with E-state index in [4.69, 9.17) is 21.2 Å². The molecule has 0 atom stereocenters. The van der Waals surface area contributed by atoms with Crippen molar-refractivity contribution >= 4 is 11.6 Å². The van der Waals surface area contributed by atoms with E-state index in [9.17, 15) is 0 Å². The van der Waals surface area contributed by atoms with Crippen LogP contribution in [0.5, 0.6) is 0 Å². The average molecular weight is 398 g/mol. The van der Waals surface area contributed by atoms with Gasteiger partial charge in [0.15, 0.2) is 5.76 Å². The molecule has 0 amide bonds.